The van der Waals surface area contributed by atoms with E-state index in [0.717, 1.165) is 11.5 Å². The summed E-state index contributed by atoms with van der Waals surface area (Å²) >= 11 is 2.35. The van der Waals surface area contributed by atoms with Gasteiger partial charge in [0.25, 0.3) is 0 Å². The number of hydrogen-bond donors (Lipinski definition) is 0. The Hall–Kier alpha value is -1.21. The van der Waals surface area contributed by atoms with E-state index in [-0.39, 0.29) is 0 Å². The largest absolute Gasteiger partial charge is 0.492 e. The number of thioether (sulfide) groups is 1. The molecular weight excluding hydrogens is 319 g/mol. The molecule has 0 bridgehead atoms. The van der Waals surface area contributed by atoms with Gasteiger partial charge in [0.2, 0.25) is 0 Å². The Kier molecular flexibility index (Phi) is 5.52. The molecule has 2 nitrogen and oxygen atoms in total. The summed E-state index contributed by atoms with van der Waals surface area (Å²) in [5, 5.41) is 0.570. The van der Waals surface area contributed by atoms with E-state index in [1.165, 1.54) is 5.38 Å². The van der Waals surface area contributed by atoms with Gasteiger partial charge in [0.15, 0.2) is 5.01 Å². The zero-order chi connectivity index (χ0) is 15.3. The molecule has 0 saturated carbocycles. The van der Waals surface area contributed by atoms with Crippen LogP contribution in [0.15, 0.2) is 29.6 Å². The second kappa shape index (κ2) is 7.17. The minimum absolute atomic E-state index is 0.297. The monoisotopic (exact) mass is 333 g/mol. The van der Waals surface area contributed by atoms with Crippen molar-refractivity contribution in [3.05, 3.63) is 34.7 Å². The van der Waals surface area contributed by atoms with Crippen LogP contribution in [-0.4, -0.2) is 23.1 Å². The number of alkyl halides is 3. The van der Waals surface area contributed by atoms with E-state index >= 15 is 0 Å². The van der Waals surface area contributed by atoms with Crippen LogP contribution in [0.4, 0.5) is 13.2 Å². The second-order valence-electron chi connectivity index (χ2n) is 4.08. The highest BCUT2D eigenvalue weighted by atomic mass is 32.2. The van der Waals surface area contributed by atoms with Crippen LogP contribution in [0.25, 0.3) is 11.3 Å². The molecule has 0 radical (unpaired) electrons. The van der Waals surface area contributed by atoms with Crippen molar-refractivity contribution in [3.63, 3.8) is 0 Å². The van der Waals surface area contributed by atoms with E-state index in [9.17, 15) is 13.2 Å². The Balaban J connectivity index is 2.17. The van der Waals surface area contributed by atoms with Gasteiger partial charge >= 0.3 is 6.18 Å². The summed E-state index contributed by atoms with van der Waals surface area (Å²) in [4.78, 5) is 3.67. The molecule has 1 aromatic heterocycles. The predicted octanol–water partition coefficient (Wildman–Crippen LogP) is 4.96. The lowest BCUT2D eigenvalue weighted by Gasteiger charge is -2.09. The highest BCUT2D eigenvalue weighted by molar-refractivity contribution is 7.99. The third kappa shape index (κ3) is 4.38. The quantitative estimate of drug-likeness (QED) is 0.698. The molecule has 0 N–H and O–H groups in total. The lowest BCUT2D eigenvalue weighted by Crippen LogP contribution is -2.04. The number of halogens is 3. The van der Waals surface area contributed by atoms with Crippen LogP contribution < -0.4 is 4.74 Å². The Morgan fingerprint density at radius 2 is 2.05 bits per heavy atom. The summed E-state index contributed by atoms with van der Waals surface area (Å²) in [6, 6.07) is 7.02. The average Bonchev–Trinajstić information content (AvgIpc) is 2.94. The number of aromatic nitrogens is 1. The van der Waals surface area contributed by atoms with Crippen LogP contribution in [-0.2, 0) is 6.18 Å². The number of ether oxygens (including phenoxy) is 1. The molecule has 21 heavy (non-hydrogen) atoms. The molecule has 7 heteroatoms. The fourth-order valence-corrected chi connectivity index (χ4v) is 2.86. The number of thiazole rings is 1. The minimum Gasteiger partial charge on any atom is -0.492 e. The van der Waals surface area contributed by atoms with Crippen LogP contribution in [0.3, 0.4) is 0 Å². The third-order valence-electron chi connectivity index (χ3n) is 2.60. The Bertz CT molecular complexity index is 584. The molecule has 0 saturated heterocycles. The highest BCUT2D eigenvalue weighted by Crippen LogP contribution is 2.36. The molecule has 1 aromatic carbocycles. The maximum atomic E-state index is 12.6. The van der Waals surface area contributed by atoms with Crippen LogP contribution in [0.2, 0.25) is 0 Å². The van der Waals surface area contributed by atoms with E-state index < -0.39 is 11.2 Å². The van der Waals surface area contributed by atoms with Gasteiger partial charge in [-0.05, 0) is 17.9 Å². The van der Waals surface area contributed by atoms with Gasteiger partial charge in [-0.2, -0.15) is 24.9 Å². The van der Waals surface area contributed by atoms with Crippen LogP contribution in [0.1, 0.15) is 11.9 Å². The zero-order valence-electron chi connectivity index (χ0n) is 11.3. The van der Waals surface area contributed by atoms with Gasteiger partial charge in [-0.15, -0.1) is 11.3 Å². The van der Waals surface area contributed by atoms with Gasteiger partial charge < -0.3 is 4.74 Å². The topological polar surface area (TPSA) is 22.1 Å². The van der Waals surface area contributed by atoms with Crippen LogP contribution in [0, 0.1) is 0 Å². The fraction of sp³-hybridized carbons (Fsp3) is 0.357. The van der Waals surface area contributed by atoms with Gasteiger partial charge in [-0.25, -0.2) is 4.98 Å². The molecule has 2 rings (SSSR count). The molecule has 0 unspecified atom stereocenters. The predicted molar refractivity (Wildman–Crippen MR) is 81.0 cm³/mol. The van der Waals surface area contributed by atoms with Gasteiger partial charge in [-0.1, -0.05) is 19.1 Å². The summed E-state index contributed by atoms with van der Waals surface area (Å²) in [5.74, 6) is 2.41. The molecule has 0 atom stereocenters. The minimum atomic E-state index is -4.41. The van der Waals surface area contributed by atoms with Gasteiger partial charge in [0.05, 0.1) is 12.3 Å². The third-order valence-corrected chi connectivity index (χ3v) is 4.35. The summed E-state index contributed by atoms with van der Waals surface area (Å²) in [5.41, 5.74) is 0.886. The molecule has 0 aliphatic rings. The Morgan fingerprint density at radius 1 is 1.29 bits per heavy atom. The first-order valence-electron chi connectivity index (χ1n) is 6.35. The molecule has 0 aliphatic carbocycles. The van der Waals surface area contributed by atoms with E-state index in [2.05, 4.69) is 11.9 Å². The number of para-hydroxylation sites is 1. The lowest BCUT2D eigenvalue weighted by atomic mass is 10.1. The SMILES string of the molecule is CCSCCOc1ccccc1-c1csc(C(F)(F)F)n1. The van der Waals surface area contributed by atoms with Crippen molar-refractivity contribution < 1.29 is 17.9 Å². The first kappa shape index (κ1) is 16.2. The molecule has 2 aromatic rings. The van der Waals surface area contributed by atoms with E-state index in [0.29, 0.717) is 35.0 Å². The van der Waals surface area contributed by atoms with Crippen molar-refractivity contribution in [2.45, 2.75) is 13.1 Å². The number of rotatable bonds is 6. The van der Waals surface area contributed by atoms with Gasteiger partial charge in [0.1, 0.15) is 5.75 Å². The summed E-state index contributed by atoms with van der Waals surface area (Å²) in [6.45, 7) is 2.58. The van der Waals surface area contributed by atoms with Crippen LogP contribution >= 0.6 is 23.1 Å². The molecule has 1 heterocycles. The zero-order valence-corrected chi connectivity index (χ0v) is 12.9. The maximum absolute atomic E-state index is 12.6. The average molecular weight is 333 g/mol. The van der Waals surface area contributed by atoms with Crippen molar-refractivity contribution in [1.82, 2.24) is 4.98 Å². The van der Waals surface area contributed by atoms with Gasteiger partial charge in [-0.3, -0.25) is 0 Å². The van der Waals surface area contributed by atoms with Crippen molar-refractivity contribution in [2.75, 3.05) is 18.1 Å². The second-order valence-corrected chi connectivity index (χ2v) is 6.33. The summed E-state index contributed by atoms with van der Waals surface area (Å²) in [7, 11) is 0. The summed E-state index contributed by atoms with van der Waals surface area (Å²) in [6.07, 6.45) is -4.41. The number of nitrogens with zero attached hydrogens (tertiary/aromatic N) is 1. The first-order chi connectivity index (χ1) is 10.0. The molecule has 114 valence electrons. The first-order valence-corrected chi connectivity index (χ1v) is 8.38. The van der Waals surface area contributed by atoms with Crippen molar-refractivity contribution in [3.8, 4) is 17.0 Å². The van der Waals surface area contributed by atoms with E-state index in [1.807, 2.05) is 0 Å². The van der Waals surface area contributed by atoms with Crippen molar-refractivity contribution in [1.29, 1.82) is 0 Å². The standard InChI is InChI=1S/C14H14F3NOS2/c1-2-20-8-7-19-12-6-4-3-5-10(12)11-9-21-13(18-11)14(15,16)17/h3-6,9H,2,7-8H2,1H3. The highest BCUT2D eigenvalue weighted by Gasteiger charge is 2.34. The molecule has 0 spiro atoms. The Morgan fingerprint density at radius 3 is 2.71 bits per heavy atom. The molecule has 0 fully saturated rings. The maximum Gasteiger partial charge on any atom is 0.443 e. The number of benzene rings is 1. The van der Waals surface area contributed by atoms with Crippen LogP contribution in [0.5, 0.6) is 5.75 Å². The molecule has 0 aliphatic heterocycles. The van der Waals surface area contributed by atoms with Crippen molar-refractivity contribution in [2.24, 2.45) is 0 Å². The lowest BCUT2D eigenvalue weighted by molar-refractivity contribution is -0.137. The normalized spacial score (nSPS) is 11.6. The Labute approximate surface area is 129 Å². The van der Waals surface area contributed by atoms with E-state index in [1.54, 1.807) is 36.0 Å². The van der Waals surface area contributed by atoms with Crippen molar-refractivity contribution >= 4 is 23.1 Å². The molecular formula is C14H14F3NOS2. The van der Waals surface area contributed by atoms with Gasteiger partial charge in [0, 0.05) is 16.7 Å². The number of hydrogen-bond acceptors (Lipinski definition) is 4. The van der Waals surface area contributed by atoms with E-state index in [4.69, 9.17) is 4.74 Å². The summed E-state index contributed by atoms with van der Waals surface area (Å²) < 4.78 is 43.5. The molecule has 0 amide bonds. The smallest absolute Gasteiger partial charge is 0.443 e. The fourth-order valence-electron chi connectivity index (χ4n) is 1.69.